The molecule has 1 saturated heterocycles. The molecule has 1 fully saturated rings. The number of amides is 1. The highest BCUT2D eigenvalue weighted by Crippen LogP contribution is 2.39. The molecular formula is C15H12F3NO2S. The molecule has 1 atom stereocenters. The van der Waals surface area contributed by atoms with Crippen molar-refractivity contribution in [2.75, 3.05) is 12.3 Å². The lowest BCUT2D eigenvalue weighted by atomic mass is 10.1. The van der Waals surface area contributed by atoms with Crippen molar-refractivity contribution in [3.63, 3.8) is 0 Å². The third kappa shape index (κ3) is 2.85. The van der Waals surface area contributed by atoms with Gasteiger partial charge in [-0.05, 0) is 23.8 Å². The zero-order valence-corrected chi connectivity index (χ0v) is 12.2. The van der Waals surface area contributed by atoms with Crippen LogP contribution in [0.25, 0.3) is 0 Å². The van der Waals surface area contributed by atoms with E-state index in [1.807, 2.05) is 0 Å². The largest absolute Gasteiger partial charge is 0.472 e. The second-order valence-electron chi connectivity index (χ2n) is 4.85. The van der Waals surface area contributed by atoms with Crippen LogP contribution in [0.2, 0.25) is 0 Å². The van der Waals surface area contributed by atoms with Gasteiger partial charge in [-0.25, -0.2) is 0 Å². The van der Waals surface area contributed by atoms with Crippen molar-refractivity contribution in [3.05, 3.63) is 59.5 Å². The summed E-state index contributed by atoms with van der Waals surface area (Å²) in [5, 5.41) is -0.273. The average Bonchev–Trinajstić information content (AvgIpc) is 3.17. The minimum absolute atomic E-state index is 0.177. The number of hydrogen-bond donors (Lipinski definition) is 0. The summed E-state index contributed by atoms with van der Waals surface area (Å²) in [7, 11) is 0. The molecule has 1 amide bonds. The number of nitrogens with zero attached hydrogens (tertiary/aromatic N) is 1. The fourth-order valence-electron chi connectivity index (χ4n) is 2.34. The van der Waals surface area contributed by atoms with E-state index in [0.29, 0.717) is 17.7 Å². The van der Waals surface area contributed by atoms with E-state index >= 15 is 0 Å². The standard InChI is InChI=1S/C15H12F3NO2S/c16-15(17,18)12-3-1-10(2-4-12)14-19(6-8-22-14)13(20)11-5-7-21-9-11/h1-5,7,9,14H,6,8H2/t14-/m1/s1. The van der Waals surface area contributed by atoms with Gasteiger partial charge in [0.05, 0.1) is 17.4 Å². The molecule has 1 aliphatic rings. The van der Waals surface area contributed by atoms with Crippen LogP contribution >= 0.6 is 11.8 Å². The Morgan fingerprint density at radius 2 is 1.95 bits per heavy atom. The number of benzene rings is 1. The van der Waals surface area contributed by atoms with Crippen LogP contribution in [0.4, 0.5) is 13.2 Å². The summed E-state index contributed by atoms with van der Waals surface area (Å²) in [4.78, 5) is 14.0. The van der Waals surface area contributed by atoms with Gasteiger partial charge < -0.3 is 9.32 Å². The first-order valence-corrected chi connectivity index (χ1v) is 7.63. The van der Waals surface area contributed by atoms with Gasteiger partial charge in [0.15, 0.2) is 0 Å². The molecule has 1 aromatic heterocycles. The van der Waals surface area contributed by atoms with E-state index in [2.05, 4.69) is 0 Å². The maximum atomic E-state index is 12.6. The average molecular weight is 327 g/mol. The molecule has 7 heteroatoms. The minimum atomic E-state index is -4.35. The summed E-state index contributed by atoms with van der Waals surface area (Å²) in [6, 6.07) is 6.54. The van der Waals surface area contributed by atoms with Crippen molar-refractivity contribution in [1.82, 2.24) is 4.90 Å². The van der Waals surface area contributed by atoms with E-state index in [-0.39, 0.29) is 11.3 Å². The molecular weight excluding hydrogens is 315 g/mol. The Morgan fingerprint density at radius 1 is 1.23 bits per heavy atom. The Kier molecular flexibility index (Phi) is 3.90. The van der Waals surface area contributed by atoms with Gasteiger partial charge in [-0.3, -0.25) is 4.79 Å². The third-order valence-corrected chi connectivity index (χ3v) is 4.70. The predicted molar refractivity (Wildman–Crippen MR) is 76.4 cm³/mol. The quantitative estimate of drug-likeness (QED) is 0.829. The molecule has 0 aliphatic carbocycles. The molecule has 22 heavy (non-hydrogen) atoms. The van der Waals surface area contributed by atoms with Crippen LogP contribution in [0.1, 0.15) is 26.9 Å². The Labute approximate surface area is 129 Å². The molecule has 0 spiro atoms. The lowest BCUT2D eigenvalue weighted by Crippen LogP contribution is -2.30. The van der Waals surface area contributed by atoms with Crippen molar-refractivity contribution < 1.29 is 22.4 Å². The summed E-state index contributed by atoms with van der Waals surface area (Å²) >= 11 is 1.54. The summed E-state index contributed by atoms with van der Waals surface area (Å²) in [5.41, 5.74) is 0.443. The van der Waals surface area contributed by atoms with Crippen molar-refractivity contribution in [2.24, 2.45) is 0 Å². The fourth-order valence-corrected chi connectivity index (χ4v) is 3.60. The van der Waals surface area contributed by atoms with Gasteiger partial charge >= 0.3 is 6.18 Å². The number of carbonyl (C=O) groups is 1. The van der Waals surface area contributed by atoms with Crippen LogP contribution in [-0.4, -0.2) is 23.1 Å². The maximum absolute atomic E-state index is 12.6. The number of halogens is 3. The van der Waals surface area contributed by atoms with Crippen LogP contribution in [0.3, 0.4) is 0 Å². The first-order chi connectivity index (χ1) is 10.5. The number of carbonyl (C=O) groups excluding carboxylic acids is 1. The Morgan fingerprint density at radius 3 is 2.55 bits per heavy atom. The molecule has 3 rings (SSSR count). The molecule has 0 bridgehead atoms. The zero-order valence-electron chi connectivity index (χ0n) is 11.3. The molecule has 2 heterocycles. The molecule has 2 aromatic rings. The molecule has 0 radical (unpaired) electrons. The Bertz CT molecular complexity index is 652. The smallest absolute Gasteiger partial charge is 0.416 e. The van der Waals surface area contributed by atoms with E-state index in [9.17, 15) is 18.0 Å². The van der Waals surface area contributed by atoms with Crippen molar-refractivity contribution in [3.8, 4) is 0 Å². The van der Waals surface area contributed by atoms with Crippen LogP contribution in [0, 0.1) is 0 Å². The van der Waals surface area contributed by atoms with E-state index in [4.69, 9.17) is 4.42 Å². The highest BCUT2D eigenvalue weighted by Gasteiger charge is 2.33. The van der Waals surface area contributed by atoms with Crippen LogP contribution in [0.5, 0.6) is 0 Å². The summed E-state index contributed by atoms with van der Waals surface area (Å²) in [6.07, 6.45) is -1.56. The third-order valence-electron chi connectivity index (χ3n) is 3.44. The Hall–Kier alpha value is -1.89. The first kappa shape index (κ1) is 15.0. The van der Waals surface area contributed by atoms with E-state index in [1.54, 1.807) is 11.0 Å². The van der Waals surface area contributed by atoms with Crippen molar-refractivity contribution >= 4 is 17.7 Å². The zero-order chi connectivity index (χ0) is 15.7. The number of rotatable bonds is 2. The number of hydrogen-bond acceptors (Lipinski definition) is 3. The van der Waals surface area contributed by atoms with Gasteiger partial charge in [0.25, 0.3) is 5.91 Å². The van der Waals surface area contributed by atoms with Gasteiger partial charge in [-0.2, -0.15) is 13.2 Å². The SMILES string of the molecule is O=C(c1ccoc1)N1CCS[C@@H]1c1ccc(C(F)(F)F)cc1. The number of thioether (sulfide) groups is 1. The number of alkyl halides is 3. The summed E-state index contributed by atoms with van der Waals surface area (Å²) in [6.45, 7) is 0.556. The lowest BCUT2D eigenvalue weighted by molar-refractivity contribution is -0.137. The molecule has 1 aromatic carbocycles. The van der Waals surface area contributed by atoms with Gasteiger partial charge in [0, 0.05) is 12.3 Å². The fraction of sp³-hybridized carbons (Fsp3) is 0.267. The molecule has 0 N–H and O–H groups in total. The van der Waals surface area contributed by atoms with E-state index in [1.165, 1.54) is 36.4 Å². The van der Waals surface area contributed by atoms with Crippen molar-refractivity contribution in [1.29, 1.82) is 0 Å². The summed E-state index contributed by atoms with van der Waals surface area (Å²) in [5.74, 6) is 0.568. The monoisotopic (exact) mass is 327 g/mol. The minimum Gasteiger partial charge on any atom is -0.472 e. The maximum Gasteiger partial charge on any atom is 0.416 e. The highest BCUT2D eigenvalue weighted by molar-refractivity contribution is 7.99. The van der Waals surface area contributed by atoms with Crippen LogP contribution in [0.15, 0.2) is 47.3 Å². The van der Waals surface area contributed by atoms with E-state index < -0.39 is 11.7 Å². The molecule has 116 valence electrons. The second-order valence-corrected chi connectivity index (χ2v) is 6.04. The van der Waals surface area contributed by atoms with Crippen molar-refractivity contribution in [2.45, 2.75) is 11.6 Å². The Balaban J connectivity index is 1.83. The normalized spacial score (nSPS) is 18.7. The lowest BCUT2D eigenvalue weighted by Gasteiger charge is -2.24. The van der Waals surface area contributed by atoms with Gasteiger partial charge in [0.2, 0.25) is 0 Å². The first-order valence-electron chi connectivity index (χ1n) is 6.59. The topological polar surface area (TPSA) is 33.5 Å². The molecule has 1 aliphatic heterocycles. The van der Waals surface area contributed by atoms with Gasteiger partial charge in [-0.1, -0.05) is 12.1 Å². The van der Waals surface area contributed by atoms with Crippen LogP contribution < -0.4 is 0 Å². The summed E-state index contributed by atoms with van der Waals surface area (Å²) < 4.78 is 42.7. The molecule has 0 unspecified atom stereocenters. The van der Waals surface area contributed by atoms with Gasteiger partial charge in [0.1, 0.15) is 11.6 Å². The highest BCUT2D eigenvalue weighted by atomic mass is 32.2. The molecule has 0 saturated carbocycles. The molecule has 3 nitrogen and oxygen atoms in total. The van der Waals surface area contributed by atoms with Crippen LogP contribution in [-0.2, 0) is 6.18 Å². The second kappa shape index (κ2) is 5.72. The number of furan rings is 1. The van der Waals surface area contributed by atoms with E-state index in [0.717, 1.165) is 17.9 Å². The predicted octanol–water partition coefficient (Wildman–Crippen LogP) is 4.19. The van der Waals surface area contributed by atoms with Gasteiger partial charge in [-0.15, -0.1) is 11.8 Å².